The maximum absolute atomic E-state index is 4.94. The summed E-state index contributed by atoms with van der Waals surface area (Å²) in [6.07, 6.45) is 0. The lowest BCUT2D eigenvalue weighted by Gasteiger charge is -1.97. The molecule has 0 fully saturated rings. The van der Waals surface area contributed by atoms with E-state index in [2.05, 4.69) is 11.9 Å². The highest BCUT2D eigenvalue weighted by molar-refractivity contribution is 8.39. The van der Waals surface area contributed by atoms with Gasteiger partial charge in [0.25, 0.3) is 0 Å². The Morgan fingerprint density at radius 3 is 3.18 bits per heavy atom. The zero-order valence-corrected chi connectivity index (χ0v) is 8.50. The predicted molar refractivity (Wildman–Crippen MR) is 53.7 cm³/mol. The van der Waals surface area contributed by atoms with Gasteiger partial charge in [0.1, 0.15) is 4.38 Å². The molecule has 0 aromatic heterocycles. The Hall–Kier alpha value is 0.330. The van der Waals surface area contributed by atoms with E-state index in [9.17, 15) is 0 Å². The summed E-state index contributed by atoms with van der Waals surface area (Å²) in [6.45, 7) is 2.97. The first-order valence-electron chi connectivity index (χ1n) is 3.65. The Morgan fingerprint density at radius 2 is 2.64 bits per heavy atom. The normalized spacial score (nSPS) is 23.8. The van der Waals surface area contributed by atoms with Crippen LogP contribution in [0.25, 0.3) is 0 Å². The van der Waals surface area contributed by atoms with Crippen molar-refractivity contribution in [1.82, 2.24) is 0 Å². The molecule has 0 aliphatic carbocycles. The average Bonchev–Trinajstić information content (AvgIpc) is 2.37. The fourth-order valence-electron chi connectivity index (χ4n) is 0.738. The first-order chi connectivity index (χ1) is 5.33. The van der Waals surface area contributed by atoms with Gasteiger partial charge in [-0.2, -0.15) is 0 Å². The molecule has 4 heteroatoms. The van der Waals surface area contributed by atoms with Crippen LogP contribution in [0.3, 0.4) is 0 Å². The third-order valence-electron chi connectivity index (χ3n) is 1.29. The fourth-order valence-corrected chi connectivity index (χ4v) is 2.92. The maximum Gasteiger partial charge on any atom is 0.125 e. The number of ether oxygens (including phenoxy) is 1. The van der Waals surface area contributed by atoms with E-state index in [1.807, 2.05) is 11.8 Å². The van der Waals surface area contributed by atoms with Gasteiger partial charge >= 0.3 is 0 Å². The second kappa shape index (κ2) is 5.06. The van der Waals surface area contributed by atoms with Crippen LogP contribution in [-0.4, -0.2) is 35.6 Å². The SMILES string of the molecule is COCCSC1=NC(C)CS1. The summed E-state index contributed by atoms with van der Waals surface area (Å²) in [5.41, 5.74) is 0. The molecule has 1 unspecified atom stereocenters. The summed E-state index contributed by atoms with van der Waals surface area (Å²) in [5.74, 6) is 2.17. The van der Waals surface area contributed by atoms with E-state index in [1.54, 1.807) is 18.9 Å². The molecular weight excluding hydrogens is 178 g/mol. The Balaban J connectivity index is 2.12. The van der Waals surface area contributed by atoms with E-state index >= 15 is 0 Å². The maximum atomic E-state index is 4.94. The van der Waals surface area contributed by atoms with Crippen LogP contribution in [0.15, 0.2) is 4.99 Å². The van der Waals surface area contributed by atoms with Crippen LogP contribution in [0.4, 0.5) is 0 Å². The van der Waals surface area contributed by atoms with Gasteiger partial charge in [0.05, 0.1) is 12.6 Å². The van der Waals surface area contributed by atoms with E-state index in [-0.39, 0.29) is 0 Å². The molecule has 0 N–H and O–H groups in total. The Bertz CT molecular complexity index is 149. The van der Waals surface area contributed by atoms with Crippen LogP contribution in [-0.2, 0) is 4.74 Å². The van der Waals surface area contributed by atoms with Crippen molar-refractivity contribution >= 4 is 27.9 Å². The topological polar surface area (TPSA) is 21.6 Å². The minimum absolute atomic E-state index is 0.519. The lowest BCUT2D eigenvalue weighted by Crippen LogP contribution is -1.94. The largest absolute Gasteiger partial charge is 0.384 e. The number of hydrogen-bond donors (Lipinski definition) is 0. The van der Waals surface area contributed by atoms with E-state index in [4.69, 9.17) is 4.74 Å². The van der Waals surface area contributed by atoms with Gasteiger partial charge in [-0.3, -0.25) is 4.99 Å². The molecule has 2 nitrogen and oxygen atoms in total. The third kappa shape index (κ3) is 3.49. The van der Waals surface area contributed by atoms with Crippen molar-refractivity contribution < 1.29 is 4.74 Å². The van der Waals surface area contributed by atoms with Crippen molar-refractivity contribution in [3.05, 3.63) is 0 Å². The molecule has 0 radical (unpaired) electrons. The lowest BCUT2D eigenvalue weighted by atomic mass is 10.4. The van der Waals surface area contributed by atoms with Gasteiger partial charge in [0.15, 0.2) is 0 Å². The molecule has 1 aliphatic heterocycles. The smallest absolute Gasteiger partial charge is 0.125 e. The molecule has 11 heavy (non-hydrogen) atoms. The van der Waals surface area contributed by atoms with Gasteiger partial charge in [0, 0.05) is 18.6 Å². The van der Waals surface area contributed by atoms with Crippen LogP contribution < -0.4 is 0 Å². The van der Waals surface area contributed by atoms with Crippen molar-refractivity contribution in [2.24, 2.45) is 4.99 Å². The molecule has 0 saturated heterocycles. The first-order valence-corrected chi connectivity index (χ1v) is 5.62. The summed E-state index contributed by atoms with van der Waals surface area (Å²) in [5, 5.41) is 0. The van der Waals surface area contributed by atoms with Crippen molar-refractivity contribution in [2.45, 2.75) is 13.0 Å². The summed E-state index contributed by atoms with van der Waals surface area (Å²) in [6, 6.07) is 0.519. The molecule has 0 aromatic carbocycles. The Kier molecular flexibility index (Phi) is 4.33. The molecule has 64 valence electrons. The molecule has 1 atom stereocenters. The Labute approximate surface area is 76.2 Å². The zero-order chi connectivity index (χ0) is 8.10. The van der Waals surface area contributed by atoms with Crippen molar-refractivity contribution in [3.63, 3.8) is 0 Å². The second-order valence-electron chi connectivity index (χ2n) is 2.40. The molecule has 0 saturated carbocycles. The summed E-state index contributed by atoms with van der Waals surface area (Å²) in [7, 11) is 1.73. The molecule has 0 spiro atoms. The third-order valence-corrected chi connectivity index (χ3v) is 3.72. The van der Waals surface area contributed by atoms with Gasteiger partial charge in [-0.1, -0.05) is 23.5 Å². The number of methoxy groups -OCH3 is 1. The highest BCUT2D eigenvalue weighted by Gasteiger charge is 2.13. The number of thioether (sulfide) groups is 2. The van der Waals surface area contributed by atoms with Crippen LogP contribution in [0, 0.1) is 0 Å². The van der Waals surface area contributed by atoms with Gasteiger partial charge in [-0.15, -0.1) is 0 Å². The first kappa shape index (κ1) is 9.42. The molecule has 0 amide bonds. The van der Waals surface area contributed by atoms with Gasteiger partial charge in [-0.25, -0.2) is 0 Å². The van der Waals surface area contributed by atoms with Gasteiger partial charge in [0.2, 0.25) is 0 Å². The second-order valence-corrected chi connectivity index (χ2v) is 4.75. The van der Waals surface area contributed by atoms with Crippen LogP contribution in [0.2, 0.25) is 0 Å². The zero-order valence-electron chi connectivity index (χ0n) is 6.87. The Morgan fingerprint density at radius 1 is 1.82 bits per heavy atom. The molecular formula is C7H13NOS2. The van der Waals surface area contributed by atoms with E-state index < -0.39 is 0 Å². The predicted octanol–water partition coefficient (Wildman–Crippen LogP) is 1.86. The lowest BCUT2D eigenvalue weighted by molar-refractivity contribution is 0.219. The van der Waals surface area contributed by atoms with Crippen molar-refractivity contribution in [2.75, 3.05) is 25.2 Å². The van der Waals surface area contributed by atoms with Crippen molar-refractivity contribution in [1.29, 1.82) is 0 Å². The van der Waals surface area contributed by atoms with E-state index in [1.165, 1.54) is 4.38 Å². The molecule has 0 aromatic rings. The van der Waals surface area contributed by atoms with Crippen LogP contribution >= 0.6 is 23.5 Å². The summed E-state index contributed by atoms with van der Waals surface area (Å²) < 4.78 is 6.17. The van der Waals surface area contributed by atoms with Crippen molar-refractivity contribution in [3.8, 4) is 0 Å². The molecule has 0 bridgehead atoms. The van der Waals surface area contributed by atoms with Gasteiger partial charge in [-0.05, 0) is 6.92 Å². The highest BCUT2D eigenvalue weighted by Crippen LogP contribution is 2.25. The minimum Gasteiger partial charge on any atom is -0.384 e. The summed E-state index contributed by atoms with van der Waals surface area (Å²) >= 11 is 3.66. The summed E-state index contributed by atoms with van der Waals surface area (Å²) in [4.78, 5) is 4.45. The number of hydrogen-bond acceptors (Lipinski definition) is 4. The number of rotatable bonds is 3. The monoisotopic (exact) mass is 191 g/mol. The standard InChI is InChI=1S/C7H13NOS2/c1-6-5-11-7(8-6)10-4-3-9-2/h6H,3-5H2,1-2H3. The fraction of sp³-hybridized carbons (Fsp3) is 0.857. The van der Waals surface area contributed by atoms with Crippen LogP contribution in [0.5, 0.6) is 0 Å². The average molecular weight is 191 g/mol. The highest BCUT2D eigenvalue weighted by atomic mass is 32.2. The number of aliphatic imine (C=N–C) groups is 1. The van der Waals surface area contributed by atoms with Gasteiger partial charge < -0.3 is 4.74 Å². The quantitative estimate of drug-likeness (QED) is 0.636. The van der Waals surface area contributed by atoms with E-state index in [0.29, 0.717) is 6.04 Å². The minimum atomic E-state index is 0.519. The van der Waals surface area contributed by atoms with Crippen LogP contribution in [0.1, 0.15) is 6.92 Å². The molecule has 1 rings (SSSR count). The molecule has 1 heterocycles. The molecule has 1 aliphatic rings. The number of nitrogens with zero attached hydrogens (tertiary/aromatic N) is 1. The van der Waals surface area contributed by atoms with E-state index in [0.717, 1.165) is 18.1 Å².